The second kappa shape index (κ2) is 4.77. The quantitative estimate of drug-likeness (QED) is 0.810. The Bertz CT molecular complexity index is 330. The van der Waals surface area contributed by atoms with Crippen molar-refractivity contribution in [3.63, 3.8) is 0 Å². The van der Waals surface area contributed by atoms with E-state index in [-0.39, 0.29) is 11.5 Å². The van der Waals surface area contributed by atoms with E-state index in [1.807, 2.05) is 0 Å². The van der Waals surface area contributed by atoms with Gasteiger partial charge in [0.15, 0.2) is 0 Å². The normalized spacial score (nSPS) is 13.8. The van der Waals surface area contributed by atoms with Crippen molar-refractivity contribution in [1.29, 1.82) is 0 Å². The van der Waals surface area contributed by atoms with E-state index in [0.717, 1.165) is 18.4 Å². The summed E-state index contributed by atoms with van der Waals surface area (Å²) in [6.45, 7) is 8.79. The Morgan fingerprint density at radius 3 is 2.00 bits per heavy atom. The molecule has 2 heteroatoms. The first kappa shape index (κ1) is 12.9. The van der Waals surface area contributed by atoms with Crippen LogP contribution in [0.3, 0.4) is 0 Å². The van der Waals surface area contributed by atoms with Crippen molar-refractivity contribution in [2.24, 2.45) is 5.41 Å². The second-order valence-corrected chi connectivity index (χ2v) is 5.78. The van der Waals surface area contributed by atoms with Gasteiger partial charge in [0.2, 0.25) is 0 Å². The molecule has 2 N–H and O–H groups in total. The van der Waals surface area contributed by atoms with Gasteiger partial charge in [0, 0.05) is 6.07 Å². The lowest BCUT2D eigenvalue weighted by atomic mass is 9.85. The molecule has 0 saturated heterocycles. The van der Waals surface area contributed by atoms with Crippen LogP contribution in [0.15, 0.2) is 18.2 Å². The highest BCUT2D eigenvalue weighted by Gasteiger charge is 2.14. The van der Waals surface area contributed by atoms with Crippen molar-refractivity contribution in [1.82, 2.24) is 0 Å². The molecule has 0 aromatic heterocycles. The smallest absolute Gasteiger partial charge is 0.119 e. The number of rotatable bonds is 3. The van der Waals surface area contributed by atoms with Gasteiger partial charge in [0.05, 0.1) is 0 Å². The van der Waals surface area contributed by atoms with Gasteiger partial charge in [-0.25, -0.2) is 0 Å². The van der Waals surface area contributed by atoms with Crippen LogP contribution >= 0.6 is 0 Å². The molecule has 1 aromatic rings. The Morgan fingerprint density at radius 1 is 1.06 bits per heavy atom. The Kier molecular flexibility index (Phi) is 3.84. The average Bonchev–Trinajstić information content (AvgIpc) is 2.11. The van der Waals surface area contributed by atoms with Crippen molar-refractivity contribution in [2.75, 3.05) is 0 Å². The highest BCUT2D eigenvalue weighted by Crippen LogP contribution is 2.31. The molecule has 1 unspecified atom stereocenters. The van der Waals surface area contributed by atoms with Crippen LogP contribution in [0.4, 0.5) is 0 Å². The summed E-state index contributed by atoms with van der Waals surface area (Å²) in [5, 5.41) is 18.8. The van der Waals surface area contributed by atoms with Gasteiger partial charge in [-0.05, 0) is 41.9 Å². The first-order chi connectivity index (χ1) is 7.28. The van der Waals surface area contributed by atoms with Crippen LogP contribution < -0.4 is 0 Å². The summed E-state index contributed by atoms with van der Waals surface area (Å²) in [6, 6.07) is 4.82. The van der Waals surface area contributed by atoms with E-state index in [1.165, 1.54) is 6.07 Å². The predicted molar refractivity (Wildman–Crippen MR) is 66.9 cm³/mol. The SMILES string of the molecule is CC(CCC(C)(C)C)c1cc(O)cc(O)c1. The summed E-state index contributed by atoms with van der Waals surface area (Å²) in [7, 11) is 0. The van der Waals surface area contributed by atoms with Gasteiger partial charge >= 0.3 is 0 Å². The third-order valence-corrected chi connectivity index (χ3v) is 2.82. The molecular formula is C14H22O2. The molecule has 90 valence electrons. The summed E-state index contributed by atoms with van der Waals surface area (Å²) >= 11 is 0. The molecule has 1 aromatic carbocycles. The van der Waals surface area contributed by atoms with E-state index in [2.05, 4.69) is 27.7 Å². The van der Waals surface area contributed by atoms with Gasteiger partial charge in [0.25, 0.3) is 0 Å². The van der Waals surface area contributed by atoms with Crippen molar-refractivity contribution in [3.8, 4) is 11.5 Å². The van der Waals surface area contributed by atoms with Gasteiger partial charge in [0.1, 0.15) is 11.5 Å². The Morgan fingerprint density at radius 2 is 1.56 bits per heavy atom. The maximum atomic E-state index is 9.41. The fraction of sp³-hybridized carbons (Fsp3) is 0.571. The minimum atomic E-state index is 0.137. The fourth-order valence-corrected chi connectivity index (χ4v) is 1.72. The number of hydrogen-bond acceptors (Lipinski definition) is 2. The average molecular weight is 222 g/mol. The molecular weight excluding hydrogens is 200 g/mol. The van der Waals surface area contributed by atoms with Crippen LogP contribution in [0, 0.1) is 5.41 Å². The van der Waals surface area contributed by atoms with Gasteiger partial charge in [-0.15, -0.1) is 0 Å². The highest BCUT2D eigenvalue weighted by atomic mass is 16.3. The van der Waals surface area contributed by atoms with E-state index >= 15 is 0 Å². The third-order valence-electron chi connectivity index (χ3n) is 2.82. The minimum Gasteiger partial charge on any atom is -0.508 e. The van der Waals surface area contributed by atoms with E-state index < -0.39 is 0 Å². The van der Waals surface area contributed by atoms with Crippen LogP contribution in [-0.2, 0) is 0 Å². The van der Waals surface area contributed by atoms with Crippen LogP contribution in [0.5, 0.6) is 11.5 Å². The van der Waals surface area contributed by atoms with Gasteiger partial charge in [-0.1, -0.05) is 27.7 Å². The van der Waals surface area contributed by atoms with Gasteiger partial charge < -0.3 is 10.2 Å². The molecule has 0 amide bonds. The van der Waals surface area contributed by atoms with Crippen molar-refractivity contribution < 1.29 is 10.2 Å². The van der Waals surface area contributed by atoms with Crippen molar-refractivity contribution in [2.45, 2.75) is 46.5 Å². The van der Waals surface area contributed by atoms with Crippen LogP contribution in [0.25, 0.3) is 0 Å². The lowest BCUT2D eigenvalue weighted by molar-refractivity contribution is 0.352. The fourth-order valence-electron chi connectivity index (χ4n) is 1.72. The molecule has 0 aliphatic heterocycles. The summed E-state index contributed by atoms with van der Waals surface area (Å²) in [5.74, 6) is 0.632. The molecule has 0 aliphatic carbocycles. The minimum absolute atomic E-state index is 0.137. The molecule has 0 fully saturated rings. The number of benzene rings is 1. The summed E-state index contributed by atoms with van der Waals surface area (Å²) in [6.07, 6.45) is 2.19. The molecule has 0 saturated carbocycles. The molecule has 0 aliphatic rings. The molecule has 16 heavy (non-hydrogen) atoms. The zero-order valence-corrected chi connectivity index (χ0v) is 10.6. The topological polar surface area (TPSA) is 40.5 Å². The van der Waals surface area contributed by atoms with Crippen LogP contribution in [0.2, 0.25) is 0 Å². The van der Waals surface area contributed by atoms with Crippen molar-refractivity contribution in [3.05, 3.63) is 23.8 Å². The van der Waals surface area contributed by atoms with Gasteiger partial charge in [-0.3, -0.25) is 0 Å². The zero-order chi connectivity index (χ0) is 12.3. The number of phenols is 2. The summed E-state index contributed by atoms with van der Waals surface area (Å²) < 4.78 is 0. The molecule has 2 nitrogen and oxygen atoms in total. The number of aromatic hydroxyl groups is 2. The first-order valence-corrected chi connectivity index (χ1v) is 5.81. The van der Waals surface area contributed by atoms with E-state index in [9.17, 15) is 10.2 Å². The maximum absolute atomic E-state index is 9.41. The molecule has 0 heterocycles. The van der Waals surface area contributed by atoms with E-state index in [0.29, 0.717) is 11.3 Å². The molecule has 1 atom stereocenters. The maximum Gasteiger partial charge on any atom is 0.119 e. The monoisotopic (exact) mass is 222 g/mol. The predicted octanol–water partition coefficient (Wildman–Crippen LogP) is 4.03. The summed E-state index contributed by atoms with van der Waals surface area (Å²) in [5.41, 5.74) is 1.33. The lowest BCUT2D eigenvalue weighted by Crippen LogP contribution is -2.06. The first-order valence-electron chi connectivity index (χ1n) is 5.81. The Hall–Kier alpha value is -1.18. The highest BCUT2D eigenvalue weighted by molar-refractivity contribution is 5.38. The molecule has 0 spiro atoms. The largest absolute Gasteiger partial charge is 0.508 e. The van der Waals surface area contributed by atoms with Crippen LogP contribution in [0.1, 0.15) is 52.0 Å². The molecule has 0 radical (unpaired) electrons. The standard InChI is InChI=1S/C14H22O2/c1-10(5-6-14(2,3)4)11-7-12(15)9-13(16)8-11/h7-10,15-16H,5-6H2,1-4H3. The van der Waals surface area contributed by atoms with Crippen LogP contribution in [-0.4, -0.2) is 10.2 Å². The molecule has 0 bridgehead atoms. The van der Waals surface area contributed by atoms with E-state index in [1.54, 1.807) is 12.1 Å². The second-order valence-electron chi connectivity index (χ2n) is 5.78. The van der Waals surface area contributed by atoms with Crippen molar-refractivity contribution >= 4 is 0 Å². The summed E-state index contributed by atoms with van der Waals surface area (Å²) in [4.78, 5) is 0. The Labute approximate surface area is 97.9 Å². The third kappa shape index (κ3) is 4.13. The number of hydrogen-bond donors (Lipinski definition) is 2. The van der Waals surface area contributed by atoms with E-state index in [4.69, 9.17) is 0 Å². The molecule has 1 rings (SSSR count). The Balaban J connectivity index is 2.69. The lowest BCUT2D eigenvalue weighted by Gasteiger charge is -2.21. The zero-order valence-electron chi connectivity index (χ0n) is 10.6. The van der Waals surface area contributed by atoms with Gasteiger partial charge in [-0.2, -0.15) is 0 Å². The number of phenolic OH excluding ortho intramolecular Hbond substituents is 2.